The van der Waals surface area contributed by atoms with Crippen molar-refractivity contribution in [3.63, 3.8) is 0 Å². The number of phenolic OH excluding ortho intramolecular Hbond substituents is 1. The first-order chi connectivity index (χ1) is 6.97. The number of nitrogens with two attached hydrogens (primary N) is 1. The Kier molecular flexibility index (Phi) is 2.55. The van der Waals surface area contributed by atoms with Gasteiger partial charge in [-0.1, -0.05) is 13.8 Å². The number of benzene rings is 1. The van der Waals surface area contributed by atoms with E-state index in [9.17, 15) is 5.11 Å². The fourth-order valence-corrected chi connectivity index (χ4v) is 2.97. The zero-order chi connectivity index (χ0) is 11.2. The molecule has 3 heteroatoms. The summed E-state index contributed by atoms with van der Waals surface area (Å²) >= 11 is 3.47. The molecule has 15 heavy (non-hydrogen) atoms. The summed E-state index contributed by atoms with van der Waals surface area (Å²) in [6.45, 7) is 4.86. The van der Waals surface area contributed by atoms with Crippen LogP contribution < -0.4 is 5.73 Å². The van der Waals surface area contributed by atoms with Crippen molar-refractivity contribution >= 4 is 15.9 Å². The van der Waals surface area contributed by atoms with Gasteiger partial charge in [-0.15, -0.1) is 0 Å². The van der Waals surface area contributed by atoms with E-state index in [-0.39, 0.29) is 5.41 Å². The second kappa shape index (κ2) is 3.49. The Bertz CT molecular complexity index is 413. The van der Waals surface area contributed by atoms with Gasteiger partial charge in [0.25, 0.3) is 0 Å². The molecule has 0 radical (unpaired) electrons. The van der Waals surface area contributed by atoms with Crippen LogP contribution in [0.2, 0.25) is 0 Å². The molecule has 0 spiro atoms. The molecule has 0 bridgehead atoms. The molecule has 0 unspecified atom stereocenters. The lowest BCUT2D eigenvalue weighted by Crippen LogP contribution is -2.12. The first kappa shape index (κ1) is 11.0. The van der Waals surface area contributed by atoms with E-state index in [1.165, 1.54) is 11.1 Å². The topological polar surface area (TPSA) is 46.2 Å². The van der Waals surface area contributed by atoms with E-state index >= 15 is 0 Å². The van der Waals surface area contributed by atoms with Crippen LogP contribution in [0.4, 0.5) is 0 Å². The predicted molar refractivity (Wildman–Crippen MR) is 65.0 cm³/mol. The molecule has 0 aromatic heterocycles. The number of hydrogen-bond acceptors (Lipinski definition) is 2. The number of halogens is 1. The second-order valence-corrected chi connectivity index (χ2v) is 5.61. The van der Waals surface area contributed by atoms with Crippen molar-refractivity contribution in [2.75, 3.05) is 0 Å². The van der Waals surface area contributed by atoms with Gasteiger partial charge >= 0.3 is 0 Å². The molecule has 2 nitrogen and oxygen atoms in total. The SMILES string of the molecule is CC1(C)CCc2c1cc(CN)c(O)c2Br. The highest BCUT2D eigenvalue weighted by molar-refractivity contribution is 9.10. The van der Waals surface area contributed by atoms with Crippen molar-refractivity contribution in [3.05, 3.63) is 27.2 Å². The third kappa shape index (κ3) is 1.58. The average molecular weight is 270 g/mol. The quantitative estimate of drug-likeness (QED) is 0.824. The molecule has 3 N–H and O–H groups in total. The van der Waals surface area contributed by atoms with E-state index in [4.69, 9.17) is 5.73 Å². The summed E-state index contributed by atoms with van der Waals surface area (Å²) in [5.74, 6) is 0.314. The highest BCUT2D eigenvalue weighted by atomic mass is 79.9. The van der Waals surface area contributed by atoms with Gasteiger partial charge in [-0.2, -0.15) is 0 Å². The van der Waals surface area contributed by atoms with E-state index in [1.54, 1.807) is 0 Å². The largest absolute Gasteiger partial charge is 0.506 e. The lowest BCUT2D eigenvalue weighted by molar-refractivity contribution is 0.463. The summed E-state index contributed by atoms with van der Waals surface area (Å²) < 4.78 is 0.839. The van der Waals surface area contributed by atoms with Gasteiger partial charge in [0.05, 0.1) is 4.47 Å². The summed E-state index contributed by atoms with van der Waals surface area (Å²) in [4.78, 5) is 0. The smallest absolute Gasteiger partial charge is 0.134 e. The Labute approximate surface area is 98.6 Å². The molecular formula is C12H16BrNO. The molecular weight excluding hydrogens is 254 g/mol. The number of fused-ring (bicyclic) bond motifs is 1. The molecule has 1 aliphatic rings. The number of rotatable bonds is 1. The summed E-state index contributed by atoms with van der Waals surface area (Å²) in [6, 6.07) is 2.06. The monoisotopic (exact) mass is 269 g/mol. The van der Waals surface area contributed by atoms with Crippen molar-refractivity contribution in [3.8, 4) is 5.75 Å². The molecule has 0 atom stereocenters. The third-order valence-corrected chi connectivity index (χ3v) is 4.22. The van der Waals surface area contributed by atoms with Crippen LogP contribution in [0, 0.1) is 0 Å². The average Bonchev–Trinajstić information content (AvgIpc) is 2.48. The Morgan fingerprint density at radius 1 is 1.53 bits per heavy atom. The molecule has 0 saturated heterocycles. The van der Waals surface area contributed by atoms with Gasteiger partial charge in [-0.25, -0.2) is 0 Å². The first-order valence-corrected chi connectivity index (χ1v) is 6.00. The lowest BCUT2D eigenvalue weighted by Gasteiger charge is -2.20. The normalized spacial score (nSPS) is 17.9. The van der Waals surface area contributed by atoms with Crippen molar-refractivity contribution in [2.24, 2.45) is 5.73 Å². The van der Waals surface area contributed by atoms with Crippen molar-refractivity contribution in [2.45, 2.75) is 38.6 Å². The van der Waals surface area contributed by atoms with Crippen molar-refractivity contribution in [1.82, 2.24) is 0 Å². The Morgan fingerprint density at radius 3 is 2.80 bits per heavy atom. The number of aromatic hydroxyl groups is 1. The Hall–Kier alpha value is -0.540. The first-order valence-electron chi connectivity index (χ1n) is 5.21. The molecule has 0 heterocycles. The van der Waals surface area contributed by atoms with Crippen molar-refractivity contribution < 1.29 is 5.11 Å². The van der Waals surface area contributed by atoms with Gasteiger partial charge in [0.1, 0.15) is 5.75 Å². The maximum absolute atomic E-state index is 9.91. The van der Waals surface area contributed by atoms with Crippen LogP contribution >= 0.6 is 15.9 Å². The molecule has 0 fully saturated rings. The van der Waals surface area contributed by atoms with Crippen LogP contribution in [0.3, 0.4) is 0 Å². The van der Waals surface area contributed by atoms with E-state index in [1.807, 2.05) is 0 Å². The van der Waals surface area contributed by atoms with Gasteiger partial charge < -0.3 is 10.8 Å². The van der Waals surface area contributed by atoms with E-state index in [2.05, 4.69) is 35.8 Å². The molecule has 0 aliphatic heterocycles. The minimum Gasteiger partial charge on any atom is -0.506 e. The molecule has 1 aromatic rings. The fraction of sp³-hybridized carbons (Fsp3) is 0.500. The van der Waals surface area contributed by atoms with Crippen molar-refractivity contribution in [1.29, 1.82) is 0 Å². The third-order valence-electron chi connectivity index (χ3n) is 3.37. The zero-order valence-electron chi connectivity index (χ0n) is 9.10. The standard InChI is InChI=1S/C12H16BrNO/c1-12(2)4-3-8-9(12)5-7(6-14)11(15)10(8)13/h5,15H,3-4,6,14H2,1-2H3. The van der Waals surface area contributed by atoms with Crippen LogP contribution in [0.15, 0.2) is 10.5 Å². The summed E-state index contributed by atoms with van der Waals surface area (Å²) in [5.41, 5.74) is 9.23. The highest BCUT2D eigenvalue weighted by Gasteiger charge is 2.32. The van der Waals surface area contributed by atoms with Crippen LogP contribution in [0.1, 0.15) is 37.0 Å². The molecule has 0 saturated carbocycles. The van der Waals surface area contributed by atoms with Crippen LogP contribution in [-0.2, 0) is 18.4 Å². The number of phenols is 1. The Morgan fingerprint density at radius 2 is 2.20 bits per heavy atom. The summed E-state index contributed by atoms with van der Waals surface area (Å²) in [7, 11) is 0. The van der Waals surface area contributed by atoms with E-state index < -0.39 is 0 Å². The second-order valence-electron chi connectivity index (χ2n) is 4.81. The van der Waals surface area contributed by atoms with Gasteiger partial charge in [0, 0.05) is 12.1 Å². The predicted octanol–water partition coefficient (Wildman–Crippen LogP) is 2.84. The summed E-state index contributed by atoms with van der Waals surface area (Å²) in [6.07, 6.45) is 2.16. The van der Waals surface area contributed by atoms with Gasteiger partial charge in [-0.05, 0) is 51.4 Å². The minimum absolute atomic E-state index is 0.204. The van der Waals surface area contributed by atoms with Gasteiger partial charge in [-0.3, -0.25) is 0 Å². The Balaban J connectivity index is 2.67. The minimum atomic E-state index is 0.204. The van der Waals surface area contributed by atoms with Crippen LogP contribution in [0.25, 0.3) is 0 Å². The van der Waals surface area contributed by atoms with E-state index in [0.717, 1.165) is 22.9 Å². The number of hydrogen-bond donors (Lipinski definition) is 2. The maximum atomic E-state index is 9.91. The maximum Gasteiger partial charge on any atom is 0.134 e. The fourth-order valence-electron chi connectivity index (χ4n) is 2.31. The highest BCUT2D eigenvalue weighted by Crippen LogP contribution is 2.45. The summed E-state index contributed by atoms with van der Waals surface area (Å²) in [5, 5.41) is 9.91. The van der Waals surface area contributed by atoms with E-state index in [0.29, 0.717) is 12.3 Å². The molecule has 1 aromatic carbocycles. The molecule has 0 amide bonds. The zero-order valence-corrected chi connectivity index (χ0v) is 10.7. The van der Waals surface area contributed by atoms with Crippen LogP contribution in [0.5, 0.6) is 5.75 Å². The lowest BCUT2D eigenvalue weighted by atomic mass is 9.86. The van der Waals surface area contributed by atoms with Gasteiger partial charge in [0.15, 0.2) is 0 Å². The van der Waals surface area contributed by atoms with Crippen LogP contribution in [-0.4, -0.2) is 5.11 Å². The molecule has 1 aliphatic carbocycles. The van der Waals surface area contributed by atoms with Gasteiger partial charge in [0.2, 0.25) is 0 Å². The molecule has 2 rings (SSSR count). The molecule has 82 valence electrons.